The summed E-state index contributed by atoms with van der Waals surface area (Å²) < 4.78 is 0. The van der Waals surface area contributed by atoms with Crippen molar-refractivity contribution in [3.63, 3.8) is 0 Å². The summed E-state index contributed by atoms with van der Waals surface area (Å²) in [6.45, 7) is 10.3. The first-order valence-electron chi connectivity index (χ1n) is 9.03. The number of hydrogen-bond acceptors (Lipinski definition) is 1. The first-order chi connectivity index (χ1) is 9.29. The van der Waals surface area contributed by atoms with E-state index < -0.39 is 0 Å². The van der Waals surface area contributed by atoms with Crippen molar-refractivity contribution in [3.8, 4) is 0 Å². The van der Waals surface area contributed by atoms with Gasteiger partial charge in [-0.2, -0.15) is 0 Å². The Hall–Kier alpha value is -0.0400. The molecule has 0 aromatic heterocycles. The molecule has 0 saturated heterocycles. The third-order valence-electron chi connectivity index (χ3n) is 4.45. The van der Waals surface area contributed by atoms with Crippen molar-refractivity contribution in [1.29, 1.82) is 0 Å². The average Bonchev–Trinajstić information content (AvgIpc) is 2.43. The fraction of sp³-hybridized carbons (Fsp3) is 1.00. The zero-order chi connectivity index (χ0) is 14.3. The smallest absolute Gasteiger partial charge is 0.00950 e. The zero-order valence-electron chi connectivity index (χ0n) is 14.1. The Bertz CT molecular complexity index is 163. The summed E-state index contributed by atoms with van der Waals surface area (Å²) in [6, 6.07) is 0.764. The second-order valence-electron chi connectivity index (χ2n) is 6.00. The number of hydrogen-bond donors (Lipinski definition) is 1. The molecular formula is C18H39N. The summed E-state index contributed by atoms with van der Waals surface area (Å²) in [6.07, 6.45) is 15.5. The highest BCUT2D eigenvalue weighted by molar-refractivity contribution is 4.74. The van der Waals surface area contributed by atoms with Crippen LogP contribution in [-0.2, 0) is 0 Å². The largest absolute Gasteiger partial charge is 0.314 e. The molecule has 0 heterocycles. The minimum Gasteiger partial charge on any atom is -0.314 e. The Morgan fingerprint density at radius 1 is 0.684 bits per heavy atom. The maximum Gasteiger partial charge on any atom is 0.00950 e. The van der Waals surface area contributed by atoms with Crippen LogP contribution in [0.25, 0.3) is 0 Å². The minimum atomic E-state index is 0.764. The molecule has 1 atom stereocenters. The molecule has 1 heteroatoms. The SMILES string of the molecule is CCCCCCCCCCC(NCC)C(CC)CC. The van der Waals surface area contributed by atoms with Gasteiger partial charge in [0.2, 0.25) is 0 Å². The fourth-order valence-electron chi connectivity index (χ4n) is 3.12. The lowest BCUT2D eigenvalue weighted by Gasteiger charge is -2.26. The van der Waals surface area contributed by atoms with Gasteiger partial charge in [0.15, 0.2) is 0 Å². The molecule has 0 spiro atoms. The Balaban J connectivity index is 3.58. The van der Waals surface area contributed by atoms with Crippen LogP contribution < -0.4 is 5.32 Å². The summed E-state index contributed by atoms with van der Waals surface area (Å²) in [7, 11) is 0. The van der Waals surface area contributed by atoms with Crippen molar-refractivity contribution in [3.05, 3.63) is 0 Å². The van der Waals surface area contributed by atoms with Crippen LogP contribution in [0, 0.1) is 5.92 Å². The molecule has 0 radical (unpaired) electrons. The summed E-state index contributed by atoms with van der Waals surface area (Å²) >= 11 is 0. The Kier molecular flexibility index (Phi) is 14.3. The summed E-state index contributed by atoms with van der Waals surface area (Å²) in [4.78, 5) is 0. The molecule has 0 fully saturated rings. The molecule has 1 N–H and O–H groups in total. The van der Waals surface area contributed by atoms with Gasteiger partial charge in [0, 0.05) is 6.04 Å². The Morgan fingerprint density at radius 2 is 1.21 bits per heavy atom. The third-order valence-corrected chi connectivity index (χ3v) is 4.45. The molecule has 0 aliphatic carbocycles. The molecule has 0 saturated carbocycles. The lowest BCUT2D eigenvalue weighted by molar-refractivity contribution is 0.313. The highest BCUT2D eigenvalue weighted by atomic mass is 14.9. The molecule has 1 unspecified atom stereocenters. The van der Waals surface area contributed by atoms with Crippen molar-refractivity contribution in [2.75, 3.05) is 6.54 Å². The fourth-order valence-corrected chi connectivity index (χ4v) is 3.12. The van der Waals surface area contributed by atoms with Crippen molar-refractivity contribution in [1.82, 2.24) is 5.32 Å². The topological polar surface area (TPSA) is 12.0 Å². The van der Waals surface area contributed by atoms with Crippen molar-refractivity contribution >= 4 is 0 Å². The maximum absolute atomic E-state index is 3.70. The van der Waals surface area contributed by atoms with Gasteiger partial charge in [-0.05, 0) is 18.9 Å². The van der Waals surface area contributed by atoms with E-state index in [4.69, 9.17) is 0 Å². The quantitative estimate of drug-likeness (QED) is 0.385. The minimum absolute atomic E-state index is 0.764. The van der Waals surface area contributed by atoms with E-state index in [2.05, 4.69) is 33.0 Å². The van der Waals surface area contributed by atoms with E-state index in [1.165, 1.54) is 70.6 Å². The van der Waals surface area contributed by atoms with Crippen molar-refractivity contribution in [2.45, 2.75) is 104 Å². The van der Waals surface area contributed by atoms with Crippen molar-refractivity contribution < 1.29 is 0 Å². The molecule has 0 aliphatic heterocycles. The zero-order valence-corrected chi connectivity index (χ0v) is 14.1. The van der Waals surface area contributed by atoms with Crippen LogP contribution in [0.1, 0.15) is 98.3 Å². The molecule has 0 rings (SSSR count). The van der Waals surface area contributed by atoms with Gasteiger partial charge in [-0.3, -0.25) is 0 Å². The monoisotopic (exact) mass is 269 g/mol. The van der Waals surface area contributed by atoms with E-state index in [-0.39, 0.29) is 0 Å². The van der Waals surface area contributed by atoms with Crippen LogP contribution in [0.3, 0.4) is 0 Å². The summed E-state index contributed by atoms with van der Waals surface area (Å²) in [5.41, 5.74) is 0. The van der Waals surface area contributed by atoms with Gasteiger partial charge >= 0.3 is 0 Å². The lowest BCUT2D eigenvalue weighted by Crippen LogP contribution is -2.35. The molecule has 0 bridgehead atoms. The van der Waals surface area contributed by atoms with Gasteiger partial charge in [0.1, 0.15) is 0 Å². The van der Waals surface area contributed by atoms with E-state index in [1.54, 1.807) is 0 Å². The van der Waals surface area contributed by atoms with Gasteiger partial charge < -0.3 is 5.32 Å². The molecule has 0 aromatic carbocycles. The highest BCUT2D eigenvalue weighted by Crippen LogP contribution is 2.19. The maximum atomic E-state index is 3.70. The predicted molar refractivity (Wildman–Crippen MR) is 88.8 cm³/mol. The van der Waals surface area contributed by atoms with Crippen LogP contribution in [0.5, 0.6) is 0 Å². The van der Waals surface area contributed by atoms with Gasteiger partial charge in [-0.25, -0.2) is 0 Å². The lowest BCUT2D eigenvalue weighted by atomic mass is 9.90. The van der Waals surface area contributed by atoms with Crippen LogP contribution in [-0.4, -0.2) is 12.6 Å². The second kappa shape index (κ2) is 14.4. The van der Waals surface area contributed by atoms with E-state index >= 15 is 0 Å². The molecule has 0 aromatic rings. The number of rotatable bonds is 14. The van der Waals surface area contributed by atoms with Crippen LogP contribution >= 0.6 is 0 Å². The van der Waals surface area contributed by atoms with E-state index in [0.29, 0.717) is 0 Å². The van der Waals surface area contributed by atoms with Gasteiger partial charge in [-0.1, -0.05) is 91.9 Å². The number of unbranched alkanes of at least 4 members (excludes halogenated alkanes) is 7. The van der Waals surface area contributed by atoms with Gasteiger partial charge in [-0.15, -0.1) is 0 Å². The molecule has 19 heavy (non-hydrogen) atoms. The average molecular weight is 270 g/mol. The van der Waals surface area contributed by atoms with E-state index in [1.807, 2.05) is 0 Å². The highest BCUT2D eigenvalue weighted by Gasteiger charge is 2.16. The normalized spacial score (nSPS) is 13.1. The molecule has 1 nitrogen and oxygen atoms in total. The van der Waals surface area contributed by atoms with Gasteiger partial charge in [0.05, 0.1) is 0 Å². The third kappa shape index (κ3) is 10.4. The summed E-state index contributed by atoms with van der Waals surface area (Å²) in [5.74, 6) is 0.879. The van der Waals surface area contributed by atoms with Crippen molar-refractivity contribution in [2.24, 2.45) is 5.92 Å². The predicted octanol–water partition coefficient (Wildman–Crippen LogP) is 5.93. The van der Waals surface area contributed by atoms with E-state index in [9.17, 15) is 0 Å². The molecule has 0 aliphatic rings. The van der Waals surface area contributed by atoms with E-state index in [0.717, 1.165) is 18.5 Å². The Morgan fingerprint density at radius 3 is 1.68 bits per heavy atom. The van der Waals surface area contributed by atoms with Crippen LogP contribution in [0.15, 0.2) is 0 Å². The number of nitrogens with one attached hydrogen (secondary N) is 1. The standard InChI is InChI=1S/C18H39N/c1-5-9-10-11-12-13-14-15-16-18(19-8-4)17(6-2)7-3/h17-19H,5-16H2,1-4H3. The van der Waals surface area contributed by atoms with Gasteiger partial charge in [0.25, 0.3) is 0 Å². The Labute approximate surface area is 122 Å². The summed E-state index contributed by atoms with van der Waals surface area (Å²) in [5, 5.41) is 3.70. The van der Waals surface area contributed by atoms with Crippen LogP contribution in [0.4, 0.5) is 0 Å². The molecule has 116 valence electrons. The first-order valence-corrected chi connectivity index (χ1v) is 9.03. The molecular weight excluding hydrogens is 230 g/mol. The molecule has 0 amide bonds. The second-order valence-corrected chi connectivity index (χ2v) is 6.00. The van der Waals surface area contributed by atoms with Crippen LogP contribution in [0.2, 0.25) is 0 Å². The first kappa shape index (κ1) is 19.0.